The maximum atomic E-state index is 11.4. The van der Waals surface area contributed by atoms with Gasteiger partial charge in [0.2, 0.25) is 0 Å². The summed E-state index contributed by atoms with van der Waals surface area (Å²) < 4.78 is 5.42. The molecule has 0 atom stereocenters. The molecule has 0 unspecified atom stereocenters. The molecule has 1 saturated heterocycles. The molecule has 0 bridgehead atoms. The molecule has 126 valence electrons. The first-order valence-electron chi connectivity index (χ1n) is 8.35. The minimum absolute atomic E-state index is 0.252. The smallest absolute Gasteiger partial charge is 0.339 e. The molecule has 4 nitrogen and oxygen atoms in total. The lowest BCUT2D eigenvalue weighted by Gasteiger charge is -2.33. The van der Waals surface area contributed by atoms with Crippen molar-refractivity contribution in [3.05, 3.63) is 65.2 Å². The number of ether oxygens (including phenoxy) is 1. The van der Waals surface area contributed by atoms with Gasteiger partial charge in [-0.3, -0.25) is 4.90 Å². The van der Waals surface area contributed by atoms with Crippen LogP contribution in [-0.4, -0.2) is 36.2 Å². The van der Waals surface area contributed by atoms with Gasteiger partial charge >= 0.3 is 5.97 Å². The molecule has 0 aromatic heterocycles. The fraction of sp³-hybridized carbons (Fsp3) is 0.350. The van der Waals surface area contributed by atoms with Crippen LogP contribution in [0.25, 0.3) is 0 Å². The Kier molecular flexibility index (Phi) is 5.16. The van der Waals surface area contributed by atoms with Crippen molar-refractivity contribution < 1.29 is 14.6 Å². The van der Waals surface area contributed by atoms with Gasteiger partial charge in [-0.2, -0.15) is 0 Å². The van der Waals surface area contributed by atoms with Gasteiger partial charge in [0.05, 0.1) is 7.11 Å². The molecule has 2 aromatic carbocycles. The minimum Gasteiger partial charge on any atom is -0.496 e. The number of carboxylic acids is 1. The van der Waals surface area contributed by atoms with Gasteiger partial charge in [-0.15, -0.1) is 0 Å². The van der Waals surface area contributed by atoms with Gasteiger partial charge in [0.1, 0.15) is 11.3 Å². The van der Waals surface area contributed by atoms with Gasteiger partial charge in [0.25, 0.3) is 0 Å². The van der Waals surface area contributed by atoms with E-state index in [1.165, 1.54) is 5.56 Å². The third-order valence-electron chi connectivity index (χ3n) is 4.76. The quantitative estimate of drug-likeness (QED) is 0.909. The summed E-state index contributed by atoms with van der Waals surface area (Å²) in [5, 5.41) is 9.34. The predicted molar refractivity (Wildman–Crippen MR) is 93.6 cm³/mol. The van der Waals surface area contributed by atoms with Gasteiger partial charge < -0.3 is 9.84 Å². The van der Waals surface area contributed by atoms with Gasteiger partial charge in [-0.05, 0) is 49.0 Å². The molecule has 0 aliphatic carbocycles. The zero-order chi connectivity index (χ0) is 16.9. The van der Waals surface area contributed by atoms with Crippen molar-refractivity contribution >= 4 is 5.97 Å². The second kappa shape index (κ2) is 7.49. The molecule has 4 heteroatoms. The molecule has 0 saturated carbocycles. The Bertz CT molecular complexity index is 691. The van der Waals surface area contributed by atoms with Gasteiger partial charge in [0.15, 0.2) is 0 Å². The van der Waals surface area contributed by atoms with Crippen molar-refractivity contribution in [3.63, 3.8) is 0 Å². The van der Waals surface area contributed by atoms with Crippen LogP contribution >= 0.6 is 0 Å². The van der Waals surface area contributed by atoms with Crippen LogP contribution in [0, 0.1) is 0 Å². The maximum Gasteiger partial charge on any atom is 0.339 e. The van der Waals surface area contributed by atoms with E-state index in [-0.39, 0.29) is 5.56 Å². The summed E-state index contributed by atoms with van der Waals surface area (Å²) in [7, 11) is 1.55. The standard InChI is InChI=1S/C20H23NO3/c1-24-19-17(8-5-9-18(19)20(22)23)16-10-12-21(13-11-16)14-15-6-3-2-4-7-15/h2-9,16H,10-14H2,1H3,(H,22,23). The maximum absolute atomic E-state index is 11.4. The first-order chi connectivity index (χ1) is 11.7. The van der Waals surface area contributed by atoms with Crippen molar-refractivity contribution in [2.75, 3.05) is 20.2 Å². The molecule has 0 radical (unpaired) electrons. The molecule has 24 heavy (non-hydrogen) atoms. The van der Waals surface area contributed by atoms with Crippen molar-refractivity contribution in [2.24, 2.45) is 0 Å². The van der Waals surface area contributed by atoms with E-state index in [0.29, 0.717) is 11.7 Å². The van der Waals surface area contributed by atoms with Crippen LogP contribution in [0.2, 0.25) is 0 Å². The molecular formula is C20H23NO3. The number of carbonyl (C=O) groups is 1. The monoisotopic (exact) mass is 325 g/mol. The summed E-state index contributed by atoms with van der Waals surface area (Å²) in [4.78, 5) is 13.8. The average Bonchev–Trinajstić information content (AvgIpc) is 2.62. The number of aromatic carboxylic acids is 1. The molecule has 3 rings (SSSR count). The molecule has 1 aliphatic heterocycles. The summed E-state index contributed by atoms with van der Waals surface area (Å²) in [6, 6.07) is 15.9. The SMILES string of the molecule is COc1c(C(=O)O)cccc1C1CCN(Cc2ccccc2)CC1. The normalized spacial score (nSPS) is 16.0. The number of hydrogen-bond acceptors (Lipinski definition) is 3. The van der Waals surface area contributed by atoms with E-state index in [9.17, 15) is 9.90 Å². The third-order valence-corrected chi connectivity index (χ3v) is 4.76. The van der Waals surface area contributed by atoms with E-state index in [0.717, 1.165) is 38.0 Å². The van der Waals surface area contributed by atoms with E-state index in [4.69, 9.17) is 4.74 Å². The van der Waals surface area contributed by atoms with Crippen LogP contribution in [0.15, 0.2) is 48.5 Å². The molecule has 2 aromatic rings. The highest BCUT2D eigenvalue weighted by molar-refractivity contribution is 5.91. The second-order valence-corrected chi connectivity index (χ2v) is 6.27. The Morgan fingerprint density at radius 3 is 2.46 bits per heavy atom. The number of hydrogen-bond donors (Lipinski definition) is 1. The third kappa shape index (κ3) is 3.60. The number of nitrogens with zero attached hydrogens (tertiary/aromatic N) is 1. The van der Waals surface area contributed by atoms with E-state index >= 15 is 0 Å². The van der Waals surface area contributed by atoms with E-state index in [2.05, 4.69) is 29.2 Å². The average molecular weight is 325 g/mol. The van der Waals surface area contributed by atoms with Gasteiger partial charge in [0, 0.05) is 6.54 Å². The van der Waals surface area contributed by atoms with Crippen LogP contribution < -0.4 is 4.74 Å². The Hall–Kier alpha value is -2.33. The lowest BCUT2D eigenvalue weighted by atomic mass is 9.87. The lowest BCUT2D eigenvalue weighted by molar-refractivity contribution is 0.0693. The summed E-state index contributed by atoms with van der Waals surface area (Å²) in [5.41, 5.74) is 2.61. The number of rotatable bonds is 5. The first-order valence-corrected chi connectivity index (χ1v) is 8.35. The summed E-state index contributed by atoms with van der Waals surface area (Å²) in [6.07, 6.45) is 2.04. The zero-order valence-electron chi connectivity index (χ0n) is 13.9. The fourth-order valence-electron chi connectivity index (χ4n) is 3.52. The second-order valence-electron chi connectivity index (χ2n) is 6.27. The van der Waals surface area contributed by atoms with E-state index < -0.39 is 5.97 Å². The van der Waals surface area contributed by atoms with Crippen molar-refractivity contribution in [3.8, 4) is 5.75 Å². The Morgan fingerprint density at radius 1 is 1.12 bits per heavy atom. The Balaban J connectivity index is 1.69. The lowest BCUT2D eigenvalue weighted by Crippen LogP contribution is -2.32. The van der Waals surface area contributed by atoms with Crippen molar-refractivity contribution in [1.82, 2.24) is 4.90 Å². The molecule has 1 aliphatic rings. The van der Waals surface area contributed by atoms with Gasteiger partial charge in [-0.1, -0.05) is 42.5 Å². The summed E-state index contributed by atoms with van der Waals surface area (Å²) in [6.45, 7) is 3.00. The minimum atomic E-state index is -0.935. The van der Waals surface area contributed by atoms with Crippen molar-refractivity contribution in [1.29, 1.82) is 0 Å². The highest BCUT2D eigenvalue weighted by Gasteiger charge is 2.25. The largest absolute Gasteiger partial charge is 0.496 e. The molecule has 1 N–H and O–H groups in total. The number of methoxy groups -OCH3 is 1. The fourth-order valence-corrected chi connectivity index (χ4v) is 3.52. The highest BCUT2D eigenvalue weighted by Crippen LogP contribution is 2.36. The summed E-state index contributed by atoms with van der Waals surface area (Å²) >= 11 is 0. The Morgan fingerprint density at radius 2 is 1.83 bits per heavy atom. The molecule has 1 heterocycles. The molecular weight excluding hydrogens is 302 g/mol. The number of carboxylic acid groups (broad SMARTS) is 1. The zero-order valence-corrected chi connectivity index (χ0v) is 13.9. The van der Waals surface area contributed by atoms with Crippen LogP contribution in [0.5, 0.6) is 5.75 Å². The van der Waals surface area contributed by atoms with Crippen LogP contribution in [-0.2, 0) is 6.54 Å². The number of likely N-dealkylation sites (tertiary alicyclic amines) is 1. The predicted octanol–water partition coefficient (Wildman–Crippen LogP) is 3.77. The van der Waals surface area contributed by atoms with Crippen LogP contribution in [0.1, 0.15) is 40.2 Å². The molecule has 1 fully saturated rings. The topological polar surface area (TPSA) is 49.8 Å². The Labute approximate surface area is 142 Å². The van der Waals surface area contributed by atoms with E-state index in [1.54, 1.807) is 13.2 Å². The molecule has 0 spiro atoms. The first kappa shape index (κ1) is 16.5. The van der Waals surface area contributed by atoms with Crippen LogP contribution in [0.4, 0.5) is 0 Å². The highest BCUT2D eigenvalue weighted by atomic mass is 16.5. The molecule has 0 amide bonds. The number of piperidine rings is 1. The van der Waals surface area contributed by atoms with E-state index in [1.807, 2.05) is 18.2 Å². The van der Waals surface area contributed by atoms with Crippen LogP contribution in [0.3, 0.4) is 0 Å². The van der Waals surface area contributed by atoms with Crippen molar-refractivity contribution in [2.45, 2.75) is 25.3 Å². The van der Waals surface area contributed by atoms with Gasteiger partial charge in [-0.25, -0.2) is 4.79 Å². The number of benzene rings is 2. The number of para-hydroxylation sites is 1. The summed E-state index contributed by atoms with van der Waals surface area (Å²) in [5.74, 6) is -0.0620.